The molecule has 35 heavy (non-hydrogen) atoms. The molecule has 180 valence electrons. The summed E-state index contributed by atoms with van der Waals surface area (Å²) in [5.74, 6) is 1.57. The Morgan fingerprint density at radius 1 is 1.06 bits per heavy atom. The van der Waals surface area contributed by atoms with Crippen molar-refractivity contribution >= 4 is 23.0 Å². The zero-order chi connectivity index (χ0) is 24.3. The molecular weight excluding hydrogens is 464 g/mol. The zero-order valence-electron chi connectivity index (χ0n) is 19.3. The molecule has 5 rings (SSSR count). The van der Waals surface area contributed by atoms with Gasteiger partial charge in [-0.15, -0.1) is 11.3 Å². The second kappa shape index (κ2) is 9.89. The number of benzene rings is 2. The van der Waals surface area contributed by atoms with Gasteiger partial charge in [-0.05, 0) is 61.6 Å². The number of hydrogen-bond donors (Lipinski definition) is 3. The van der Waals surface area contributed by atoms with Crippen molar-refractivity contribution in [1.82, 2.24) is 15.0 Å². The van der Waals surface area contributed by atoms with Gasteiger partial charge in [0.15, 0.2) is 0 Å². The molecule has 0 amide bonds. The van der Waals surface area contributed by atoms with Gasteiger partial charge in [0.2, 0.25) is 11.8 Å². The lowest BCUT2D eigenvalue weighted by Gasteiger charge is -2.34. The lowest BCUT2D eigenvalue weighted by molar-refractivity contribution is -0.0389. The largest absolute Gasteiger partial charge is 0.508 e. The van der Waals surface area contributed by atoms with Gasteiger partial charge in [-0.3, -0.25) is 0 Å². The number of hydrogen-bond acceptors (Lipinski definition) is 9. The van der Waals surface area contributed by atoms with Crippen LogP contribution in [0.15, 0.2) is 60.9 Å². The number of phenols is 1. The number of rotatable bonds is 9. The molecule has 9 heteroatoms. The van der Waals surface area contributed by atoms with Crippen molar-refractivity contribution in [2.45, 2.75) is 31.8 Å². The molecule has 0 unspecified atom stereocenters. The molecule has 2 aromatic heterocycles. The topological polar surface area (TPSA) is 110 Å². The fourth-order valence-electron chi connectivity index (χ4n) is 3.84. The Morgan fingerprint density at radius 2 is 1.91 bits per heavy atom. The van der Waals surface area contributed by atoms with Crippen molar-refractivity contribution in [2.75, 3.05) is 18.5 Å². The Bertz CT molecular complexity index is 1320. The van der Waals surface area contributed by atoms with Crippen LogP contribution in [0.2, 0.25) is 0 Å². The summed E-state index contributed by atoms with van der Waals surface area (Å²) in [5.41, 5.74) is 2.20. The molecule has 2 heterocycles. The van der Waals surface area contributed by atoms with E-state index in [2.05, 4.69) is 26.3 Å². The Hall–Kier alpha value is -3.69. The van der Waals surface area contributed by atoms with Crippen LogP contribution in [0, 0.1) is 6.92 Å². The minimum absolute atomic E-state index is 0.153. The van der Waals surface area contributed by atoms with Gasteiger partial charge in [-0.2, -0.15) is 4.98 Å². The average Bonchev–Trinajstić information content (AvgIpc) is 3.31. The minimum Gasteiger partial charge on any atom is -0.508 e. The van der Waals surface area contributed by atoms with Crippen LogP contribution in [-0.2, 0) is 5.60 Å². The quantitative estimate of drug-likeness (QED) is 0.275. The molecule has 1 fully saturated rings. The number of ether oxygens (including phenoxy) is 2. The van der Waals surface area contributed by atoms with Gasteiger partial charge in [0, 0.05) is 30.2 Å². The number of aromatic nitrogens is 3. The number of nitrogens with zero attached hydrogens (tertiary/aromatic N) is 3. The van der Waals surface area contributed by atoms with E-state index in [-0.39, 0.29) is 5.75 Å². The number of phenolic OH excluding ortho intramolecular Hbond substituents is 1. The number of anilines is 2. The van der Waals surface area contributed by atoms with Crippen molar-refractivity contribution in [3.63, 3.8) is 0 Å². The van der Waals surface area contributed by atoms with E-state index in [1.807, 2.05) is 25.3 Å². The summed E-state index contributed by atoms with van der Waals surface area (Å²) in [6.45, 7) is 2.63. The lowest BCUT2D eigenvalue weighted by atomic mass is 9.81. The van der Waals surface area contributed by atoms with Crippen molar-refractivity contribution in [1.29, 1.82) is 0 Å². The highest BCUT2D eigenvalue weighted by Crippen LogP contribution is 2.44. The van der Waals surface area contributed by atoms with Gasteiger partial charge in [0.1, 0.15) is 35.3 Å². The summed E-state index contributed by atoms with van der Waals surface area (Å²) < 4.78 is 11.3. The van der Waals surface area contributed by atoms with Gasteiger partial charge >= 0.3 is 0 Å². The average molecular weight is 491 g/mol. The molecule has 2 aromatic carbocycles. The fourth-order valence-corrected chi connectivity index (χ4v) is 4.89. The summed E-state index contributed by atoms with van der Waals surface area (Å²) in [4.78, 5) is 14.2. The Morgan fingerprint density at radius 3 is 2.71 bits per heavy atom. The molecule has 1 aliphatic carbocycles. The summed E-state index contributed by atoms with van der Waals surface area (Å²) >= 11 is 1.54. The van der Waals surface area contributed by atoms with Crippen molar-refractivity contribution in [3.8, 4) is 27.8 Å². The summed E-state index contributed by atoms with van der Waals surface area (Å²) in [5, 5.41) is 24.1. The van der Waals surface area contributed by atoms with Crippen molar-refractivity contribution in [2.24, 2.45) is 0 Å². The molecule has 3 N–H and O–H groups in total. The molecule has 0 radical (unpaired) electrons. The van der Waals surface area contributed by atoms with E-state index in [0.29, 0.717) is 30.8 Å². The maximum Gasteiger partial charge on any atom is 0.230 e. The molecule has 0 saturated heterocycles. The number of nitrogens with one attached hydrogen (secondary N) is 1. The molecule has 0 spiro atoms. The third kappa shape index (κ3) is 5.52. The van der Waals surface area contributed by atoms with Gasteiger partial charge in [0.25, 0.3) is 0 Å². The first kappa shape index (κ1) is 23.1. The molecule has 4 aromatic rings. The molecule has 8 nitrogen and oxygen atoms in total. The Kier molecular flexibility index (Phi) is 6.52. The Labute approximate surface area is 207 Å². The molecule has 1 saturated carbocycles. The number of thiazole rings is 1. The van der Waals surface area contributed by atoms with E-state index in [9.17, 15) is 10.2 Å². The zero-order valence-corrected chi connectivity index (χ0v) is 20.1. The number of aryl methyl sites for hydroxylation is 1. The van der Waals surface area contributed by atoms with E-state index >= 15 is 0 Å². The SMILES string of the molecule is Cc1cc(Nc2nccc(OCCOc3cccc(O)c3)n2)cc(-c2cnc(C3(O)CCC3)s2)c1. The normalized spacial score (nSPS) is 14.2. The first-order chi connectivity index (χ1) is 17.0. The molecule has 1 aliphatic rings. The predicted octanol–water partition coefficient (Wildman–Crippen LogP) is 5.19. The van der Waals surface area contributed by atoms with Crippen LogP contribution in [0.25, 0.3) is 10.4 Å². The van der Waals surface area contributed by atoms with Crippen LogP contribution in [0.1, 0.15) is 29.8 Å². The van der Waals surface area contributed by atoms with Crippen LogP contribution in [-0.4, -0.2) is 38.4 Å². The molecule has 0 atom stereocenters. The molecule has 0 aliphatic heterocycles. The standard InChI is InChI=1S/C26H26N4O4S/c1-17-12-18(22-16-28-24(35-22)26(32)7-3-8-26)14-19(13-17)29-25-27-9-6-23(30-25)34-11-10-33-21-5-2-4-20(31)15-21/h2,4-6,9,12-16,31-32H,3,7-8,10-11H2,1H3,(H,27,29,30). The predicted molar refractivity (Wildman–Crippen MR) is 134 cm³/mol. The van der Waals surface area contributed by atoms with E-state index in [1.165, 1.54) is 11.3 Å². The van der Waals surface area contributed by atoms with Crippen molar-refractivity contribution < 1.29 is 19.7 Å². The Balaban J connectivity index is 1.22. The van der Waals surface area contributed by atoms with E-state index in [0.717, 1.165) is 46.0 Å². The van der Waals surface area contributed by atoms with Crippen LogP contribution in [0.3, 0.4) is 0 Å². The second-order valence-electron chi connectivity index (χ2n) is 8.54. The van der Waals surface area contributed by atoms with E-state index < -0.39 is 5.60 Å². The van der Waals surface area contributed by atoms with Crippen LogP contribution >= 0.6 is 11.3 Å². The third-order valence-electron chi connectivity index (χ3n) is 5.75. The fraction of sp³-hybridized carbons (Fsp3) is 0.269. The van der Waals surface area contributed by atoms with Crippen LogP contribution in [0.4, 0.5) is 11.6 Å². The lowest BCUT2D eigenvalue weighted by Crippen LogP contribution is -2.33. The highest BCUT2D eigenvalue weighted by atomic mass is 32.1. The third-order valence-corrected chi connectivity index (χ3v) is 6.99. The monoisotopic (exact) mass is 490 g/mol. The first-order valence-electron chi connectivity index (χ1n) is 11.4. The van der Waals surface area contributed by atoms with Gasteiger partial charge < -0.3 is 25.0 Å². The molecular formula is C26H26N4O4S. The minimum atomic E-state index is -0.754. The first-order valence-corrected chi connectivity index (χ1v) is 12.2. The summed E-state index contributed by atoms with van der Waals surface area (Å²) in [6, 6.07) is 14.4. The maximum absolute atomic E-state index is 10.6. The van der Waals surface area contributed by atoms with Crippen LogP contribution in [0.5, 0.6) is 17.4 Å². The van der Waals surface area contributed by atoms with Crippen molar-refractivity contribution in [3.05, 3.63) is 71.5 Å². The summed E-state index contributed by atoms with van der Waals surface area (Å²) in [6.07, 6.45) is 6.05. The van der Waals surface area contributed by atoms with Crippen LogP contribution < -0.4 is 14.8 Å². The maximum atomic E-state index is 10.6. The van der Waals surface area contributed by atoms with E-state index in [1.54, 1.807) is 36.5 Å². The molecule has 0 bridgehead atoms. The van der Waals surface area contributed by atoms with E-state index in [4.69, 9.17) is 9.47 Å². The highest BCUT2D eigenvalue weighted by Gasteiger charge is 2.39. The summed E-state index contributed by atoms with van der Waals surface area (Å²) in [7, 11) is 0. The van der Waals surface area contributed by atoms with Gasteiger partial charge in [-0.25, -0.2) is 9.97 Å². The highest BCUT2D eigenvalue weighted by molar-refractivity contribution is 7.15. The number of aliphatic hydroxyl groups is 1. The van der Waals surface area contributed by atoms with Gasteiger partial charge in [0.05, 0.1) is 4.88 Å². The smallest absolute Gasteiger partial charge is 0.230 e. The second-order valence-corrected chi connectivity index (χ2v) is 9.57. The number of aromatic hydroxyl groups is 1. The van der Waals surface area contributed by atoms with Gasteiger partial charge in [-0.1, -0.05) is 12.1 Å².